The standard InChI is InChI=1S/C25H21BrN4O4S2/c1-3-13-29(14-4-2)36(32,33)21-10-7-18(8-11-21)24(31)30(27-17-20-6-5-15-34-20)25-28-22-12-9-19(26)16-23(22)35-25/h3-12,15-17H,1-2,13-14H2/b27-17+. The molecule has 0 atom stereocenters. The molecule has 0 saturated carbocycles. The first kappa shape index (κ1) is 25.7. The maximum Gasteiger partial charge on any atom is 0.280 e. The van der Waals surface area contributed by atoms with E-state index in [1.807, 2.05) is 18.2 Å². The molecule has 0 aliphatic rings. The quantitative estimate of drug-likeness (QED) is 0.135. The summed E-state index contributed by atoms with van der Waals surface area (Å²) in [6.07, 6.45) is 5.93. The largest absolute Gasteiger partial charge is 0.463 e. The molecule has 0 aliphatic heterocycles. The Morgan fingerprint density at radius 2 is 1.83 bits per heavy atom. The topological polar surface area (TPSA) is 96.1 Å². The van der Waals surface area contributed by atoms with E-state index < -0.39 is 15.9 Å². The van der Waals surface area contributed by atoms with Crippen LogP contribution in [0.25, 0.3) is 10.2 Å². The Labute approximate surface area is 221 Å². The van der Waals surface area contributed by atoms with Crippen molar-refractivity contribution in [2.24, 2.45) is 5.10 Å². The number of sulfonamides is 1. The number of halogens is 1. The highest BCUT2D eigenvalue weighted by molar-refractivity contribution is 9.10. The second-order valence-corrected chi connectivity index (χ2v) is 11.3. The number of anilines is 1. The van der Waals surface area contributed by atoms with Gasteiger partial charge in [0.15, 0.2) is 0 Å². The Balaban J connectivity index is 1.68. The zero-order chi connectivity index (χ0) is 25.7. The summed E-state index contributed by atoms with van der Waals surface area (Å²) >= 11 is 4.75. The Morgan fingerprint density at radius 1 is 1.11 bits per heavy atom. The third-order valence-electron chi connectivity index (χ3n) is 4.96. The molecular formula is C25H21BrN4O4S2. The van der Waals surface area contributed by atoms with Crippen molar-refractivity contribution in [3.63, 3.8) is 0 Å². The van der Waals surface area contributed by atoms with Gasteiger partial charge < -0.3 is 4.42 Å². The summed E-state index contributed by atoms with van der Waals surface area (Å²) in [5.41, 5.74) is 0.958. The minimum absolute atomic E-state index is 0.0539. The molecule has 2 aromatic heterocycles. The average molecular weight is 586 g/mol. The molecular weight excluding hydrogens is 564 g/mol. The lowest BCUT2D eigenvalue weighted by atomic mass is 10.2. The van der Waals surface area contributed by atoms with Gasteiger partial charge in [-0.2, -0.15) is 14.4 Å². The summed E-state index contributed by atoms with van der Waals surface area (Å²) in [7, 11) is -3.79. The molecule has 2 heterocycles. The first-order valence-corrected chi connectivity index (χ1v) is 13.7. The van der Waals surface area contributed by atoms with Gasteiger partial charge >= 0.3 is 0 Å². The highest BCUT2D eigenvalue weighted by Crippen LogP contribution is 2.32. The van der Waals surface area contributed by atoms with Gasteiger partial charge in [0.2, 0.25) is 15.2 Å². The monoisotopic (exact) mass is 584 g/mol. The van der Waals surface area contributed by atoms with Gasteiger partial charge in [0.1, 0.15) is 5.76 Å². The molecule has 11 heteroatoms. The molecule has 1 amide bonds. The van der Waals surface area contributed by atoms with Crippen molar-refractivity contribution in [1.29, 1.82) is 0 Å². The molecule has 0 unspecified atom stereocenters. The summed E-state index contributed by atoms with van der Waals surface area (Å²) in [4.78, 5) is 18.1. The van der Waals surface area contributed by atoms with Gasteiger partial charge in [0, 0.05) is 23.1 Å². The molecule has 0 aliphatic carbocycles. The lowest BCUT2D eigenvalue weighted by Gasteiger charge is -2.19. The predicted octanol–water partition coefficient (Wildman–Crippen LogP) is 5.70. The number of carbonyl (C=O) groups excluding carboxylic acids is 1. The fourth-order valence-electron chi connectivity index (χ4n) is 3.24. The van der Waals surface area contributed by atoms with Crippen LogP contribution in [0, 0.1) is 0 Å². The number of hydrogen-bond donors (Lipinski definition) is 0. The maximum atomic E-state index is 13.5. The first-order valence-electron chi connectivity index (χ1n) is 10.6. The second kappa shape index (κ2) is 11.1. The zero-order valence-electron chi connectivity index (χ0n) is 19.0. The number of carbonyl (C=O) groups is 1. The predicted molar refractivity (Wildman–Crippen MR) is 146 cm³/mol. The van der Waals surface area contributed by atoms with Crippen LogP contribution < -0.4 is 5.01 Å². The zero-order valence-corrected chi connectivity index (χ0v) is 22.2. The van der Waals surface area contributed by atoms with Crippen molar-refractivity contribution in [2.75, 3.05) is 18.1 Å². The second-order valence-electron chi connectivity index (χ2n) is 7.41. The minimum atomic E-state index is -3.79. The number of amides is 1. The lowest BCUT2D eigenvalue weighted by Crippen LogP contribution is -2.31. The molecule has 0 fully saturated rings. The number of thiazole rings is 1. The summed E-state index contributed by atoms with van der Waals surface area (Å²) in [5.74, 6) is -0.0171. The Hall–Kier alpha value is -3.38. The Kier molecular flexibility index (Phi) is 7.94. The van der Waals surface area contributed by atoms with Crippen LogP contribution in [0.15, 0.2) is 105 Å². The highest BCUT2D eigenvalue weighted by atomic mass is 79.9. The maximum absolute atomic E-state index is 13.5. The molecule has 0 spiro atoms. The van der Waals surface area contributed by atoms with E-state index in [1.165, 1.54) is 69.5 Å². The van der Waals surface area contributed by atoms with E-state index >= 15 is 0 Å². The van der Waals surface area contributed by atoms with Gasteiger partial charge in [-0.05, 0) is 54.6 Å². The fraction of sp³-hybridized carbons (Fsp3) is 0.0800. The molecule has 0 bridgehead atoms. The Morgan fingerprint density at radius 3 is 2.47 bits per heavy atom. The normalized spacial score (nSPS) is 11.8. The van der Waals surface area contributed by atoms with Crippen molar-refractivity contribution in [1.82, 2.24) is 9.29 Å². The number of furan rings is 1. The summed E-state index contributed by atoms with van der Waals surface area (Å²) in [5, 5.41) is 5.86. The summed E-state index contributed by atoms with van der Waals surface area (Å²) < 4.78 is 34.3. The number of rotatable bonds is 10. The van der Waals surface area contributed by atoms with Gasteiger partial charge in [-0.3, -0.25) is 4.79 Å². The van der Waals surface area contributed by atoms with Gasteiger partial charge in [-0.15, -0.1) is 13.2 Å². The van der Waals surface area contributed by atoms with Crippen LogP contribution in [0.4, 0.5) is 5.13 Å². The van der Waals surface area contributed by atoms with Crippen LogP contribution in [-0.4, -0.2) is 42.9 Å². The van der Waals surface area contributed by atoms with Gasteiger partial charge in [-0.1, -0.05) is 39.4 Å². The third-order valence-corrected chi connectivity index (χ3v) is 8.29. The summed E-state index contributed by atoms with van der Waals surface area (Å²) in [6, 6.07) is 14.7. The summed E-state index contributed by atoms with van der Waals surface area (Å²) in [6.45, 7) is 7.50. The van der Waals surface area contributed by atoms with Gasteiger partial charge in [0.25, 0.3) is 5.91 Å². The molecule has 4 aromatic rings. The van der Waals surface area contributed by atoms with Crippen molar-refractivity contribution < 1.29 is 17.6 Å². The molecule has 0 radical (unpaired) electrons. The van der Waals surface area contributed by atoms with Gasteiger partial charge in [-0.25, -0.2) is 13.4 Å². The van der Waals surface area contributed by atoms with E-state index in [0.29, 0.717) is 10.9 Å². The van der Waals surface area contributed by atoms with Crippen LogP contribution in [0.5, 0.6) is 0 Å². The number of nitrogens with zero attached hydrogens (tertiary/aromatic N) is 4. The SMILES string of the molecule is C=CCN(CC=C)S(=O)(=O)c1ccc(C(=O)N(/N=C/c2ccco2)c2nc3ccc(Br)cc3s2)cc1. The molecule has 184 valence electrons. The third kappa shape index (κ3) is 5.54. The van der Waals surface area contributed by atoms with E-state index in [2.05, 4.69) is 39.2 Å². The van der Waals surface area contributed by atoms with Crippen LogP contribution in [0.2, 0.25) is 0 Å². The van der Waals surface area contributed by atoms with Crippen molar-refractivity contribution >= 4 is 64.8 Å². The minimum Gasteiger partial charge on any atom is -0.463 e. The van der Waals surface area contributed by atoms with Gasteiger partial charge in [0.05, 0.1) is 27.6 Å². The first-order chi connectivity index (χ1) is 17.3. The number of aromatic nitrogens is 1. The Bertz CT molecular complexity index is 1520. The highest BCUT2D eigenvalue weighted by Gasteiger charge is 2.25. The van der Waals surface area contributed by atoms with Crippen LogP contribution >= 0.6 is 27.3 Å². The van der Waals surface area contributed by atoms with Crippen molar-refractivity contribution in [2.45, 2.75) is 4.90 Å². The molecule has 0 N–H and O–H groups in total. The number of fused-ring (bicyclic) bond motifs is 1. The van der Waals surface area contributed by atoms with Crippen LogP contribution in [0.1, 0.15) is 16.1 Å². The van der Waals surface area contributed by atoms with Crippen molar-refractivity contribution in [3.8, 4) is 0 Å². The van der Waals surface area contributed by atoms with E-state index in [-0.39, 0.29) is 23.5 Å². The van der Waals surface area contributed by atoms with Crippen molar-refractivity contribution in [3.05, 3.63) is 102 Å². The molecule has 36 heavy (non-hydrogen) atoms. The molecule has 4 rings (SSSR count). The number of hydrazone groups is 1. The van der Waals surface area contributed by atoms with E-state index in [1.54, 1.807) is 12.1 Å². The van der Waals surface area contributed by atoms with E-state index in [4.69, 9.17) is 4.42 Å². The van der Waals surface area contributed by atoms with Crippen LogP contribution in [0.3, 0.4) is 0 Å². The molecule has 2 aromatic carbocycles. The van der Waals surface area contributed by atoms with E-state index in [9.17, 15) is 13.2 Å². The number of hydrogen-bond acceptors (Lipinski definition) is 7. The smallest absolute Gasteiger partial charge is 0.280 e. The lowest BCUT2D eigenvalue weighted by molar-refractivity contribution is 0.0987. The molecule has 8 nitrogen and oxygen atoms in total. The van der Waals surface area contributed by atoms with E-state index in [0.717, 1.165) is 14.7 Å². The fourth-order valence-corrected chi connectivity index (χ4v) is 6.10. The molecule has 0 saturated heterocycles. The van der Waals surface area contributed by atoms with Crippen LogP contribution in [-0.2, 0) is 10.0 Å². The average Bonchev–Trinajstić information content (AvgIpc) is 3.53. The number of benzene rings is 2.